The van der Waals surface area contributed by atoms with E-state index in [1.165, 1.54) is 78.3 Å². The normalized spacial score (nSPS) is 18.2. The summed E-state index contributed by atoms with van der Waals surface area (Å²) in [6, 6.07) is 21.2. The van der Waals surface area contributed by atoms with Crippen molar-refractivity contribution in [3.63, 3.8) is 0 Å². The van der Waals surface area contributed by atoms with Crippen LogP contribution in [0.15, 0.2) is 107 Å². The molecule has 17 nitrogen and oxygen atoms in total. The molecule has 1 unspecified atom stereocenters. The summed E-state index contributed by atoms with van der Waals surface area (Å²) in [7, 11) is -5.31. The van der Waals surface area contributed by atoms with Gasteiger partial charge in [-0.2, -0.15) is 35.1 Å². The van der Waals surface area contributed by atoms with Crippen LogP contribution < -0.4 is 20.4 Å². The molecule has 3 heterocycles. The Morgan fingerprint density at radius 2 is 0.975 bits per heavy atom. The topological polar surface area (TPSA) is 209 Å². The summed E-state index contributed by atoms with van der Waals surface area (Å²) in [5, 5.41) is 9.29. The van der Waals surface area contributed by atoms with Gasteiger partial charge in [0.05, 0.1) is 23.0 Å². The fourth-order valence-corrected chi connectivity index (χ4v) is 12.9. The van der Waals surface area contributed by atoms with Crippen molar-refractivity contribution in [1.82, 2.24) is 20.8 Å². The van der Waals surface area contributed by atoms with Crippen LogP contribution in [0, 0.1) is 0 Å². The standard InChI is InChI=1S/C28H34F4N2O7S.C23H26F4N2O6S.ClH/c1-38-19-17-34-15-13-27(14-16-34,26(35)33-41-24-4-2-3-18-39-24)42(36,37)23-11-7-21(8-12-23)20-5-9-22(10-6-20)40-28(31,32)25(29)30;1-34-15-14-29-12-10-22(11-13-29,21(30)28-31)36(32,33)19-8-4-17(5-9-19)16-2-6-18(7-3-16)35-23(26,27)20(24)25;/h5-12,24-25H,2-4,13-19H2,1H3,(H,33,35);2-9,20,31H,10-15H2,1H3,(H,28,30);1H. The number of nitrogens with one attached hydrogen (secondary N) is 2. The molecule has 0 bridgehead atoms. The Balaban J connectivity index is 0.000000290. The van der Waals surface area contributed by atoms with Crippen LogP contribution in [-0.2, 0) is 48.3 Å². The summed E-state index contributed by atoms with van der Waals surface area (Å²) in [4.78, 5) is 35.4. The maximum Gasteiger partial charge on any atom is 0.461 e. The van der Waals surface area contributed by atoms with Gasteiger partial charge in [0, 0.05) is 66.5 Å². The van der Waals surface area contributed by atoms with Crippen LogP contribution in [0.5, 0.6) is 11.5 Å². The molecular formula is C51H61ClF8N4O13S2. The number of likely N-dealkylation sites (tertiary alicyclic amines) is 2. The fourth-order valence-electron chi connectivity index (χ4n) is 9.01. The number of carbonyl (C=O) groups excluding carboxylic acids is 2. The van der Waals surface area contributed by atoms with Gasteiger partial charge in [0.15, 0.2) is 35.5 Å². The highest BCUT2D eigenvalue weighted by atomic mass is 35.5. The number of piperidine rings is 2. The fraction of sp³-hybridized carbons (Fsp3) is 0.490. The second-order valence-corrected chi connectivity index (χ2v) is 23.0. The number of hydrogen-bond donors (Lipinski definition) is 3. The molecule has 0 saturated carbocycles. The van der Waals surface area contributed by atoms with Crippen LogP contribution in [0.2, 0.25) is 0 Å². The number of nitrogens with zero attached hydrogens (tertiary/aromatic N) is 2. The Morgan fingerprint density at radius 3 is 1.29 bits per heavy atom. The molecule has 0 aromatic heterocycles. The van der Waals surface area contributed by atoms with Gasteiger partial charge in [-0.1, -0.05) is 48.5 Å². The van der Waals surface area contributed by atoms with Crippen molar-refractivity contribution in [2.45, 2.75) is 95.6 Å². The number of halogens is 9. The van der Waals surface area contributed by atoms with Crippen molar-refractivity contribution in [3.05, 3.63) is 97.1 Å². The van der Waals surface area contributed by atoms with Gasteiger partial charge in [-0.05, 0) is 109 Å². The third-order valence-corrected chi connectivity index (χ3v) is 18.7. The van der Waals surface area contributed by atoms with E-state index < -0.39 is 83.8 Å². The lowest BCUT2D eigenvalue weighted by molar-refractivity contribution is -0.253. The maximum absolute atomic E-state index is 14.1. The summed E-state index contributed by atoms with van der Waals surface area (Å²) < 4.78 is 177. The maximum atomic E-state index is 14.1. The second-order valence-electron chi connectivity index (χ2n) is 18.5. The van der Waals surface area contributed by atoms with Crippen LogP contribution >= 0.6 is 12.4 Å². The van der Waals surface area contributed by atoms with E-state index in [9.17, 15) is 66.8 Å². The Labute approximate surface area is 457 Å². The van der Waals surface area contributed by atoms with Gasteiger partial charge in [-0.15, -0.1) is 12.4 Å². The number of sulfone groups is 2. The van der Waals surface area contributed by atoms with E-state index in [2.05, 4.69) is 15.0 Å². The highest BCUT2D eigenvalue weighted by molar-refractivity contribution is 7.94. The molecule has 3 fully saturated rings. The molecule has 0 radical (unpaired) electrons. The minimum Gasteiger partial charge on any atom is -0.428 e. The zero-order valence-electron chi connectivity index (χ0n) is 42.8. The molecular weight excluding hydrogens is 1130 g/mol. The predicted molar refractivity (Wildman–Crippen MR) is 272 cm³/mol. The molecule has 28 heteroatoms. The van der Waals surface area contributed by atoms with Gasteiger partial charge in [0.25, 0.3) is 11.8 Å². The Morgan fingerprint density at radius 1 is 0.620 bits per heavy atom. The average Bonchev–Trinajstić information content (AvgIpc) is 3.57. The van der Waals surface area contributed by atoms with E-state index in [1.807, 2.05) is 9.80 Å². The number of benzene rings is 4. The summed E-state index contributed by atoms with van der Waals surface area (Å²) in [6.45, 7) is 3.92. The van der Waals surface area contributed by atoms with Gasteiger partial charge >= 0.3 is 25.1 Å². The highest BCUT2D eigenvalue weighted by Crippen LogP contribution is 2.39. The number of alkyl halides is 8. The monoisotopic (exact) mass is 1190 g/mol. The first kappa shape index (κ1) is 64.6. The highest BCUT2D eigenvalue weighted by Gasteiger charge is 2.54. The molecule has 79 heavy (non-hydrogen) atoms. The van der Waals surface area contributed by atoms with Crippen LogP contribution in [0.1, 0.15) is 44.9 Å². The smallest absolute Gasteiger partial charge is 0.428 e. The summed E-state index contributed by atoms with van der Waals surface area (Å²) in [5.41, 5.74) is 5.90. The van der Waals surface area contributed by atoms with Gasteiger partial charge in [0.2, 0.25) is 0 Å². The molecule has 3 N–H and O–H groups in total. The van der Waals surface area contributed by atoms with E-state index in [-0.39, 0.29) is 47.9 Å². The number of hydrogen-bond acceptors (Lipinski definition) is 15. The zero-order chi connectivity index (χ0) is 56.9. The third-order valence-electron chi connectivity index (χ3n) is 13.7. The molecule has 4 aromatic rings. The van der Waals surface area contributed by atoms with Crippen molar-refractivity contribution in [3.8, 4) is 33.8 Å². The third kappa shape index (κ3) is 15.4. The molecule has 2 amide bonds. The molecule has 0 aliphatic carbocycles. The first-order valence-electron chi connectivity index (χ1n) is 24.5. The average molecular weight is 1190 g/mol. The molecule has 0 spiro atoms. The molecule has 438 valence electrons. The number of methoxy groups -OCH3 is 2. The molecule has 4 aromatic carbocycles. The van der Waals surface area contributed by atoms with Crippen LogP contribution in [0.4, 0.5) is 35.1 Å². The van der Waals surface area contributed by atoms with Crippen molar-refractivity contribution in [2.75, 3.05) is 73.3 Å². The molecule has 7 rings (SSSR count). The molecule has 1 atom stereocenters. The van der Waals surface area contributed by atoms with Crippen molar-refractivity contribution in [2.24, 2.45) is 0 Å². The van der Waals surface area contributed by atoms with E-state index in [0.29, 0.717) is 87.8 Å². The lowest BCUT2D eigenvalue weighted by atomic mass is 9.95. The second kappa shape index (κ2) is 28.0. The van der Waals surface area contributed by atoms with Gasteiger partial charge in [-0.25, -0.2) is 32.6 Å². The van der Waals surface area contributed by atoms with E-state index in [0.717, 1.165) is 37.1 Å². The largest absolute Gasteiger partial charge is 0.461 e. The summed E-state index contributed by atoms with van der Waals surface area (Å²) >= 11 is 0. The zero-order valence-corrected chi connectivity index (χ0v) is 45.2. The number of ether oxygens (including phenoxy) is 5. The predicted octanol–water partition coefficient (Wildman–Crippen LogP) is 8.19. The van der Waals surface area contributed by atoms with E-state index in [1.54, 1.807) is 14.2 Å². The summed E-state index contributed by atoms with van der Waals surface area (Å²) in [5.74, 6) is -2.68. The number of hydroxylamine groups is 2. The minimum absolute atomic E-state index is 0. The number of carbonyl (C=O) groups is 2. The Bertz CT molecular complexity index is 2810. The van der Waals surface area contributed by atoms with Gasteiger partial charge < -0.3 is 33.5 Å². The lowest BCUT2D eigenvalue weighted by Gasteiger charge is -2.40. The number of amides is 2. The van der Waals surface area contributed by atoms with Crippen molar-refractivity contribution >= 4 is 43.9 Å². The SMILES string of the molecule is COCCN1CCC(C(=O)NO)(S(=O)(=O)c2ccc(-c3ccc(OC(F)(F)C(F)F)cc3)cc2)CC1.COCCN1CCC(C(=O)NOC2CCCCO2)(S(=O)(=O)c2ccc(-c3ccc(OC(F)(F)C(F)F)cc3)cc2)CC1.Cl. The van der Waals surface area contributed by atoms with E-state index >= 15 is 0 Å². The molecule has 3 aliphatic rings. The van der Waals surface area contributed by atoms with Crippen LogP contribution in [0.25, 0.3) is 22.3 Å². The lowest BCUT2D eigenvalue weighted by Crippen LogP contribution is -2.58. The van der Waals surface area contributed by atoms with Gasteiger partial charge in [0.1, 0.15) is 11.5 Å². The van der Waals surface area contributed by atoms with Crippen molar-refractivity contribution < 1.29 is 95.3 Å². The molecule has 3 saturated heterocycles. The Kier molecular flexibility index (Phi) is 22.9. The first-order valence-corrected chi connectivity index (χ1v) is 27.5. The van der Waals surface area contributed by atoms with Gasteiger partial charge in [-0.3, -0.25) is 14.8 Å². The number of rotatable bonds is 22. The Hall–Kier alpha value is -5.23. The summed E-state index contributed by atoms with van der Waals surface area (Å²) in [6.07, 6.45) is -15.6. The first-order chi connectivity index (χ1) is 36.9. The van der Waals surface area contributed by atoms with Crippen molar-refractivity contribution in [1.29, 1.82) is 0 Å². The van der Waals surface area contributed by atoms with E-state index in [4.69, 9.17) is 19.0 Å². The van der Waals surface area contributed by atoms with Crippen LogP contribution in [0.3, 0.4) is 0 Å². The quantitative estimate of drug-likeness (QED) is 0.0385. The van der Waals surface area contributed by atoms with Crippen LogP contribution in [-0.4, -0.2) is 158 Å². The minimum atomic E-state index is -4.63. The molecule has 3 aliphatic heterocycles.